The van der Waals surface area contributed by atoms with E-state index >= 15 is 0 Å². The maximum atomic E-state index is 13.3. The van der Waals surface area contributed by atoms with Gasteiger partial charge in [0.15, 0.2) is 17.1 Å². The van der Waals surface area contributed by atoms with Crippen LogP contribution in [0.25, 0.3) is 0 Å². The summed E-state index contributed by atoms with van der Waals surface area (Å²) in [6.45, 7) is 0. The zero-order chi connectivity index (χ0) is 13.7. The first-order chi connectivity index (χ1) is 8.45. The number of hydrogen-bond donors (Lipinski definition) is 3. The molecule has 0 amide bonds. The fraction of sp³-hybridized carbons (Fsp3) is 0.0909. The summed E-state index contributed by atoms with van der Waals surface area (Å²) in [6.07, 6.45) is 0.770. The van der Waals surface area contributed by atoms with Gasteiger partial charge in [-0.1, -0.05) is 0 Å². The summed E-state index contributed by atoms with van der Waals surface area (Å²) < 4.78 is 18.0. The zero-order valence-corrected chi connectivity index (χ0v) is 9.31. The summed E-state index contributed by atoms with van der Waals surface area (Å²) in [7, 11) is 1.30. The van der Waals surface area contributed by atoms with Crippen molar-refractivity contribution in [1.82, 2.24) is 0 Å². The van der Waals surface area contributed by atoms with E-state index in [2.05, 4.69) is 5.32 Å². The maximum Gasteiger partial charge on any atom is 0.344 e. The Morgan fingerprint density at radius 2 is 1.94 bits per heavy atom. The van der Waals surface area contributed by atoms with Crippen LogP contribution in [0.2, 0.25) is 0 Å². The second-order valence-corrected chi connectivity index (χ2v) is 3.16. The first-order valence-electron chi connectivity index (χ1n) is 4.72. The van der Waals surface area contributed by atoms with E-state index in [0.717, 1.165) is 12.3 Å². The van der Waals surface area contributed by atoms with E-state index in [1.807, 2.05) is 0 Å². The maximum absolute atomic E-state index is 13.3. The Hall–Kier alpha value is -2.57. The van der Waals surface area contributed by atoms with Crippen molar-refractivity contribution in [3.8, 4) is 5.75 Å². The second-order valence-electron chi connectivity index (χ2n) is 3.16. The molecule has 1 aromatic rings. The second kappa shape index (κ2) is 5.67. The molecule has 96 valence electrons. The third kappa shape index (κ3) is 3.21. The molecule has 3 N–H and O–H groups in total. The fourth-order valence-electron chi connectivity index (χ4n) is 1.13. The van der Waals surface area contributed by atoms with E-state index in [4.69, 9.17) is 14.9 Å². The minimum Gasteiger partial charge on any atom is -0.494 e. The Labute approximate surface area is 101 Å². The summed E-state index contributed by atoms with van der Waals surface area (Å²) in [5.74, 6) is -3.81. The lowest BCUT2D eigenvalue weighted by Crippen LogP contribution is -2.12. The van der Waals surface area contributed by atoms with Gasteiger partial charge in [-0.2, -0.15) is 0 Å². The Balaban J connectivity index is 2.91. The van der Waals surface area contributed by atoms with Crippen molar-refractivity contribution in [1.29, 1.82) is 0 Å². The molecule has 0 unspecified atom stereocenters. The third-order valence-electron chi connectivity index (χ3n) is 2.00. The van der Waals surface area contributed by atoms with Crippen molar-refractivity contribution in [2.75, 3.05) is 12.4 Å². The van der Waals surface area contributed by atoms with Crippen molar-refractivity contribution < 1.29 is 28.9 Å². The van der Waals surface area contributed by atoms with Crippen LogP contribution in [0.5, 0.6) is 5.75 Å². The van der Waals surface area contributed by atoms with Crippen LogP contribution in [-0.2, 0) is 9.59 Å². The van der Waals surface area contributed by atoms with Gasteiger partial charge in [0, 0.05) is 18.0 Å². The molecule has 1 aromatic carbocycles. The SMILES string of the molecule is COc1ccc(NC=C(C(=O)O)C(=O)O)cc1F. The number of hydrogen-bond acceptors (Lipinski definition) is 4. The number of anilines is 1. The van der Waals surface area contributed by atoms with Gasteiger partial charge in [-0.15, -0.1) is 0 Å². The standard InChI is InChI=1S/C11H10FNO5/c1-18-9-3-2-6(4-8(9)12)13-5-7(10(14)15)11(16)17/h2-5,13H,1H3,(H,14,15)(H,16,17). The van der Waals surface area contributed by atoms with Gasteiger partial charge in [-0.25, -0.2) is 14.0 Å². The molecule has 0 saturated carbocycles. The van der Waals surface area contributed by atoms with Crippen LogP contribution in [0.15, 0.2) is 30.0 Å². The predicted molar refractivity (Wildman–Crippen MR) is 59.9 cm³/mol. The molecule has 0 saturated heterocycles. The predicted octanol–water partition coefficient (Wildman–Crippen LogP) is 1.30. The van der Waals surface area contributed by atoms with Gasteiger partial charge in [0.25, 0.3) is 0 Å². The van der Waals surface area contributed by atoms with E-state index in [1.54, 1.807) is 0 Å². The number of rotatable bonds is 5. The number of aliphatic carboxylic acids is 2. The van der Waals surface area contributed by atoms with Crippen LogP contribution >= 0.6 is 0 Å². The summed E-state index contributed by atoms with van der Waals surface area (Å²) in [6, 6.07) is 3.79. The molecule has 0 aliphatic rings. The highest BCUT2D eigenvalue weighted by atomic mass is 19.1. The van der Waals surface area contributed by atoms with Crippen LogP contribution in [0.4, 0.5) is 10.1 Å². The Morgan fingerprint density at radius 1 is 1.33 bits per heavy atom. The van der Waals surface area contributed by atoms with Crippen molar-refractivity contribution in [3.63, 3.8) is 0 Å². The average Bonchev–Trinajstić information content (AvgIpc) is 2.28. The van der Waals surface area contributed by atoms with E-state index in [9.17, 15) is 14.0 Å². The lowest BCUT2D eigenvalue weighted by atomic mass is 10.2. The molecule has 0 spiro atoms. The molecule has 0 aromatic heterocycles. The Kier molecular flexibility index (Phi) is 4.25. The molecule has 0 atom stereocenters. The molecule has 0 radical (unpaired) electrons. The number of nitrogens with one attached hydrogen (secondary N) is 1. The monoisotopic (exact) mass is 255 g/mol. The largest absolute Gasteiger partial charge is 0.494 e. The van der Waals surface area contributed by atoms with Gasteiger partial charge in [0.05, 0.1) is 7.11 Å². The molecule has 1 rings (SSSR count). The van der Waals surface area contributed by atoms with Gasteiger partial charge in [-0.3, -0.25) is 0 Å². The normalized spacial score (nSPS) is 9.44. The number of carboxylic acids is 2. The summed E-state index contributed by atoms with van der Waals surface area (Å²) in [5, 5.41) is 19.5. The van der Waals surface area contributed by atoms with Gasteiger partial charge in [-0.05, 0) is 12.1 Å². The minimum absolute atomic E-state index is 0.0289. The summed E-state index contributed by atoms with van der Waals surface area (Å²) in [4.78, 5) is 21.1. The molecule has 6 nitrogen and oxygen atoms in total. The van der Waals surface area contributed by atoms with Crippen molar-refractivity contribution in [3.05, 3.63) is 35.8 Å². The van der Waals surface area contributed by atoms with Crippen molar-refractivity contribution in [2.45, 2.75) is 0 Å². The third-order valence-corrected chi connectivity index (χ3v) is 2.00. The zero-order valence-electron chi connectivity index (χ0n) is 9.31. The number of carbonyl (C=O) groups is 2. The molecule has 0 heterocycles. The molecule has 18 heavy (non-hydrogen) atoms. The first kappa shape index (κ1) is 13.5. The minimum atomic E-state index is -1.59. The van der Waals surface area contributed by atoms with Gasteiger partial charge in [0.1, 0.15) is 0 Å². The molecule has 7 heteroatoms. The smallest absolute Gasteiger partial charge is 0.344 e. The number of carboxylic acid groups (broad SMARTS) is 2. The summed E-state index contributed by atoms with van der Waals surface area (Å²) >= 11 is 0. The lowest BCUT2D eigenvalue weighted by molar-refractivity contribution is -0.140. The molecular formula is C11H10FNO5. The average molecular weight is 255 g/mol. The highest BCUT2D eigenvalue weighted by molar-refractivity contribution is 6.12. The van der Waals surface area contributed by atoms with E-state index in [0.29, 0.717) is 0 Å². The lowest BCUT2D eigenvalue weighted by Gasteiger charge is -2.05. The highest BCUT2D eigenvalue weighted by Crippen LogP contribution is 2.20. The van der Waals surface area contributed by atoms with Gasteiger partial charge < -0.3 is 20.3 Å². The molecule has 0 bridgehead atoms. The first-order valence-corrected chi connectivity index (χ1v) is 4.72. The van der Waals surface area contributed by atoms with E-state index in [1.165, 1.54) is 19.2 Å². The molecule has 0 aliphatic heterocycles. The Bertz CT molecular complexity index is 496. The molecule has 0 aliphatic carbocycles. The quantitative estimate of drug-likeness (QED) is 0.417. The summed E-state index contributed by atoms with van der Waals surface area (Å²) in [5.41, 5.74) is -0.653. The number of methoxy groups -OCH3 is 1. The highest BCUT2D eigenvalue weighted by Gasteiger charge is 2.15. The topological polar surface area (TPSA) is 95.9 Å². The van der Waals surface area contributed by atoms with Crippen molar-refractivity contribution >= 4 is 17.6 Å². The van der Waals surface area contributed by atoms with Crippen molar-refractivity contribution in [2.24, 2.45) is 0 Å². The number of benzene rings is 1. The van der Waals surface area contributed by atoms with Crippen LogP contribution in [0.3, 0.4) is 0 Å². The van der Waals surface area contributed by atoms with E-state index < -0.39 is 23.3 Å². The van der Waals surface area contributed by atoms with Crippen LogP contribution in [0, 0.1) is 5.82 Å². The molecular weight excluding hydrogens is 245 g/mol. The molecule has 0 fully saturated rings. The fourth-order valence-corrected chi connectivity index (χ4v) is 1.13. The number of ether oxygens (including phenoxy) is 1. The van der Waals surface area contributed by atoms with Crippen LogP contribution in [-0.4, -0.2) is 29.3 Å². The number of halogens is 1. The van der Waals surface area contributed by atoms with Crippen LogP contribution < -0.4 is 10.1 Å². The van der Waals surface area contributed by atoms with Gasteiger partial charge in [0.2, 0.25) is 0 Å². The Morgan fingerprint density at radius 3 is 2.39 bits per heavy atom. The van der Waals surface area contributed by atoms with Gasteiger partial charge >= 0.3 is 11.9 Å². The van der Waals surface area contributed by atoms with E-state index in [-0.39, 0.29) is 11.4 Å². The van der Waals surface area contributed by atoms with Crippen LogP contribution in [0.1, 0.15) is 0 Å².